The average molecular weight is 276 g/mol. The zero-order valence-corrected chi connectivity index (χ0v) is 11.6. The van der Waals surface area contributed by atoms with Crippen LogP contribution in [0, 0.1) is 0 Å². The lowest BCUT2D eigenvalue weighted by atomic mass is 10.4. The number of nitrogens with zero attached hydrogens (tertiary/aromatic N) is 1. The smallest absolute Gasteiger partial charge is 0.265 e. The maximum atomic E-state index is 11.8. The van der Waals surface area contributed by atoms with E-state index in [1.165, 1.54) is 11.3 Å². The second kappa shape index (κ2) is 5.97. The van der Waals surface area contributed by atoms with Gasteiger partial charge in [0.2, 0.25) is 0 Å². The zero-order chi connectivity index (χ0) is 13.0. The molecule has 2 atom stereocenters. The molecule has 1 heterocycles. The quantitative estimate of drug-likeness (QED) is 0.717. The molecule has 1 rings (SSSR count). The van der Waals surface area contributed by atoms with Gasteiger partial charge >= 0.3 is 0 Å². The van der Waals surface area contributed by atoms with Crippen molar-refractivity contribution in [3.63, 3.8) is 0 Å². The topological polar surface area (TPSA) is 97.1 Å². The van der Waals surface area contributed by atoms with E-state index in [0.29, 0.717) is 16.6 Å². The molecule has 4 N–H and O–H groups in total. The molecule has 0 saturated heterocycles. The molecular weight excluding hydrogens is 260 g/mol. The van der Waals surface area contributed by atoms with Gasteiger partial charge in [0, 0.05) is 35.9 Å². The maximum Gasteiger partial charge on any atom is 0.265 e. The standard InChI is InChI=1S/C9H16N4O2S2/c1-5(17(3)15)4-12-8(14)6-7(10)13-9(11-2)16-6/h5H,4,10H2,1-3H3,(H,11,13)(H,12,14). The number of amides is 1. The van der Waals surface area contributed by atoms with Crippen LogP contribution in [0.1, 0.15) is 16.6 Å². The van der Waals surface area contributed by atoms with Crippen molar-refractivity contribution in [3.05, 3.63) is 4.88 Å². The van der Waals surface area contributed by atoms with Gasteiger partial charge in [0.25, 0.3) is 5.91 Å². The third-order valence-corrected chi connectivity index (χ3v) is 4.58. The summed E-state index contributed by atoms with van der Waals surface area (Å²) in [4.78, 5) is 16.1. The fraction of sp³-hybridized carbons (Fsp3) is 0.556. The van der Waals surface area contributed by atoms with Gasteiger partial charge in [-0.05, 0) is 6.92 Å². The van der Waals surface area contributed by atoms with Crippen LogP contribution in [-0.2, 0) is 10.8 Å². The number of nitrogens with one attached hydrogen (secondary N) is 2. The minimum absolute atomic E-state index is 0.0862. The Hall–Kier alpha value is -1.15. The molecule has 0 aromatic carbocycles. The Kier molecular flexibility index (Phi) is 4.88. The summed E-state index contributed by atoms with van der Waals surface area (Å²) in [6.45, 7) is 2.17. The van der Waals surface area contributed by atoms with E-state index in [9.17, 15) is 9.00 Å². The number of thiazole rings is 1. The van der Waals surface area contributed by atoms with E-state index in [4.69, 9.17) is 5.73 Å². The number of hydrogen-bond donors (Lipinski definition) is 3. The summed E-state index contributed by atoms with van der Waals surface area (Å²) in [7, 11) is 0.755. The summed E-state index contributed by atoms with van der Waals surface area (Å²) in [6, 6.07) is 0. The molecule has 1 aromatic rings. The molecular formula is C9H16N4O2S2. The number of anilines is 2. The summed E-state index contributed by atoms with van der Waals surface area (Å²) in [6.07, 6.45) is 1.61. The number of nitrogen functional groups attached to an aromatic ring is 1. The van der Waals surface area contributed by atoms with Crippen molar-refractivity contribution in [1.82, 2.24) is 10.3 Å². The lowest BCUT2D eigenvalue weighted by molar-refractivity contribution is 0.0959. The molecule has 1 amide bonds. The summed E-state index contributed by atoms with van der Waals surface area (Å²) in [5.74, 6) is -0.0686. The first kappa shape index (κ1) is 13.9. The first-order chi connectivity index (χ1) is 7.95. The molecule has 0 spiro atoms. The molecule has 0 bridgehead atoms. The molecule has 8 heteroatoms. The van der Waals surface area contributed by atoms with Crippen molar-refractivity contribution < 1.29 is 9.00 Å². The van der Waals surface area contributed by atoms with Crippen molar-refractivity contribution >= 4 is 39.0 Å². The number of nitrogens with two attached hydrogens (primary N) is 1. The van der Waals surface area contributed by atoms with Gasteiger partial charge < -0.3 is 16.4 Å². The molecule has 1 aromatic heterocycles. The number of carbonyl (C=O) groups is 1. The van der Waals surface area contributed by atoms with Gasteiger partial charge in [-0.3, -0.25) is 9.00 Å². The van der Waals surface area contributed by atoms with Crippen LogP contribution in [0.25, 0.3) is 0 Å². The molecule has 0 aliphatic carbocycles. The van der Waals surface area contributed by atoms with Crippen molar-refractivity contribution in [3.8, 4) is 0 Å². The van der Waals surface area contributed by atoms with E-state index in [2.05, 4.69) is 15.6 Å². The van der Waals surface area contributed by atoms with Gasteiger partial charge in [-0.15, -0.1) is 0 Å². The first-order valence-corrected chi connectivity index (χ1v) is 7.44. The lowest BCUT2D eigenvalue weighted by Crippen LogP contribution is -2.32. The highest BCUT2D eigenvalue weighted by Gasteiger charge is 2.16. The predicted octanol–water partition coefficient (Wildman–Crippen LogP) is 0.264. The SMILES string of the molecule is CNc1nc(N)c(C(=O)NCC(C)S(C)=O)s1. The highest BCUT2D eigenvalue weighted by molar-refractivity contribution is 7.84. The first-order valence-electron chi connectivity index (χ1n) is 5.00. The van der Waals surface area contributed by atoms with Crippen molar-refractivity contribution in [1.29, 1.82) is 0 Å². The van der Waals surface area contributed by atoms with Crippen LogP contribution in [0.15, 0.2) is 0 Å². The Morgan fingerprint density at radius 2 is 2.29 bits per heavy atom. The summed E-state index contributed by atoms with van der Waals surface area (Å²) >= 11 is 1.19. The van der Waals surface area contributed by atoms with Crippen molar-refractivity contribution in [2.24, 2.45) is 0 Å². The summed E-state index contributed by atoms with van der Waals surface area (Å²) in [5, 5.41) is 6.02. The maximum absolute atomic E-state index is 11.8. The van der Waals surface area contributed by atoms with Crippen LogP contribution in [0.4, 0.5) is 10.9 Å². The Bertz CT molecular complexity index is 433. The van der Waals surface area contributed by atoms with E-state index < -0.39 is 10.8 Å². The Labute approximate surface area is 106 Å². The molecule has 0 fully saturated rings. The molecule has 2 unspecified atom stereocenters. The molecule has 96 valence electrons. The lowest BCUT2D eigenvalue weighted by Gasteiger charge is -2.08. The highest BCUT2D eigenvalue weighted by Crippen LogP contribution is 2.24. The molecule has 0 saturated carbocycles. The van der Waals surface area contributed by atoms with E-state index in [0.717, 1.165) is 0 Å². The number of carbonyl (C=O) groups excluding carboxylic acids is 1. The van der Waals surface area contributed by atoms with Gasteiger partial charge in [-0.1, -0.05) is 11.3 Å². The molecule has 17 heavy (non-hydrogen) atoms. The molecule has 6 nitrogen and oxygen atoms in total. The van der Waals surface area contributed by atoms with Crippen LogP contribution in [0.2, 0.25) is 0 Å². The fourth-order valence-electron chi connectivity index (χ4n) is 1.04. The van der Waals surface area contributed by atoms with E-state index in [1.807, 2.05) is 6.92 Å². The molecule has 0 radical (unpaired) electrons. The average Bonchev–Trinajstić information content (AvgIpc) is 2.66. The second-order valence-electron chi connectivity index (χ2n) is 3.50. The van der Waals surface area contributed by atoms with E-state index >= 15 is 0 Å². The summed E-state index contributed by atoms with van der Waals surface area (Å²) < 4.78 is 11.1. The highest BCUT2D eigenvalue weighted by atomic mass is 32.2. The van der Waals surface area contributed by atoms with Gasteiger partial charge in [0.05, 0.1) is 0 Å². The van der Waals surface area contributed by atoms with Crippen LogP contribution >= 0.6 is 11.3 Å². The van der Waals surface area contributed by atoms with Crippen molar-refractivity contribution in [2.45, 2.75) is 12.2 Å². The van der Waals surface area contributed by atoms with Gasteiger partial charge in [0.15, 0.2) is 5.13 Å². The normalized spacial score (nSPS) is 14.1. The third kappa shape index (κ3) is 3.67. The van der Waals surface area contributed by atoms with Gasteiger partial charge in [-0.25, -0.2) is 4.98 Å². The molecule has 0 aliphatic heterocycles. The Balaban J connectivity index is 2.63. The van der Waals surface area contributed by atoms with Crippen molar-refractivity contribution in [2.75, 3.05) is 30.9 Å². The van der Waals surface area contributed by atoms with Gasteiger partial charge in [0.1, 0.15) is 10.7 Å². The monoisotopic (exact) mass is 276 g/mol. The fourth-order valence-corrected chi connectivity index (χ4v) is 2.11. The molecule has 0 aliphatic rings. The van der Waals surface area contributed by atoms with Crippen LogP contribution in [-0.4, -0.2) is 40.2 Å². The van der Waals surface area contributed by atoms with E-state index in [-0.39, 0.29) is 17.0 Å². The van der Waals surface area contributed by atoms with Gasteiger partial charge in [-0.2, -0.15) is 0 Å². The minimum Gasteiger partial charge on any atom is -0.382 e. The van der Waals surface area contributed by atoms with Crippen LogP contribution in [0.5, 0.6) is 0 Å². The zero-order valence-electron chi connectivity index (χ0n) is 9.94. The minimum atomic E-state index is -0.955. The largest absolute Gasteiger partial charge is 0.382 e. The number of hydrogen-bond acceptors (Lipinski definition) is 6. The summed E-state index contributed by atoms with van der Waals surface area (Å²) in [5.41, 5.74) is 5.62. The number of aromatic nitrogens is 1. The third-order valence-electron chi connectivity index (χ3n) is 2.19. The van der Waals surface area contributed by atoms with E-state index in [1.54, 1.807) is 13.3 Å². The predicted molar refractivity (Wildman–Crippen MR) is 71.9 cm³/mol. The van der Waals surface area contributed by atoms with Crippen LogP contribution in [0.3, 0.4) is 0 Å². The van der Waals surface area contributed by atoms with Crippen LogP contribution < -0.4 is 16.4 Å². The Morgan fingerprint density at radius 1 is 1.65 bits per heavy atom. The Morgan fingerprint density at radius 3 is 2.76 bits per heavy atom. The second-order valence-corrected chi connectivity index (χ2v) is 6.30. The number of rotatable bonds is 5.